The minimum Gasteiger partial charge on any atom is -0.352 e. The van der Waals surface area contributed by atoms with Gasteiger partial charge in [0.1, 0.15) is 11.6 Å². The summed E-state index contributed by atoms with van der Waals surface area (Å²) >= 11 is 0. The Bertz CT molecular complexity index is 971. The average molecular weight is 380 g/mol. The van der Waals surface area contributed by atoms with Crippen molar-refractivity contribution in [2.75, 3.05) is 11.9 Å². The lowest BCUT2D eigenvalue weighted by molar-refractivity contribution is 0.0952. The second-order valence-corrected chi connectivity index (χ2v) is 6.17. The summed E-state index contributed by atoms with van der Waals surface area (Å²) in [6, 6.07) is 17.8. The van der Waals surface area contributed by atoms with Crippen molar-refractivity contribution in [3.63, 3.8) is 0 Å². The molecular formula is C22H18F2N2O2. The van der Waals surface area contributed by atoms with Gasteiger partial charge in [-0.25, -0.2) is 8.78 Å². The standard InChI is InChI=1S/C22H18F2N2O2/c23-18-8-4-15(5-9-18)12-13-25-21(27)17-2-1-3-20(14-17)26-22(28)16-6-10-19(24)11-7-16/h1-11,14H,12-13H2,(H,25,27)(H,26,28). The SMILES string of the molecule is O=C(NCCc1ccc(F)cc1)c1cccc(NC(=O)c2ccc(F)cc2)c1. The molecule has 0 aromatic heterocycles. The van der Waals surface area contributed by atoms with Gasteiger partial charge < -0.3 is 10.6 Å². The first-order chi connectivity index (χ1) is 13.5. The van der Waals surface area contributed by atoms with E-state index in [4.69, 9.17) is 0 Å². The third-order valence-corrected chi connectivity index (χ3v) is 4.10. The van der Waals surface area contributed by atoms with E-state index in [0.29, 0.717) is 29.8 Å². The molecule has 3 aromatic carbocycles. The van der Waals surface area contributed by atoms with Crippen LogP contribution in [-0.2, 0) is 6.42 Å². The molecule has 142 valence electrons. The molecule has 0 unspecified atom stereocenters. The molecule has 0 atom stereocenters. The fourth-order valence-corrected chi connectivity index (χ4v) is 2.62. The van der Waals surface area contributed by atoms with Gasteiger partial charge >= 0.3 is 0 Å². The van der Waals surface area contributed by atoms with E-state index in [2.05, 4.69) is 10.6 Å². The van der Waals surface area contributed by atoms with Gasteiger partial charge in [-0.1, -0.05) is 18.2 Å². The number of carbonyl (C=O) groups excluding carboxylic acids is 2. The van der Waals surface area contributed by atoms with E-state index >= 15 is 0 Å². The summed E-state index contributed by atoms with van der Waals surface area (Å²) in [7, 11) is 0. The molecule has 0 aliphatic rings. The second-order valence-electron chi connectivity index (χ2n) is 6.17. The molecular weight excluding hydrogens is 362 g/mol. The molecule has 6 heteroatoms. The third kappa shape index (κ3) is 5.23. The lowest BCUT2D eigenvalue weighted by Crippen LogP contribution is -2.25. The highest BCUT2D eigenvalue weighted by Gasteiger charge is 2.09. The van der Waals surface area contributed by atoms with Crippen molar-refractivity contribution < 1.29 is 18.4 Å². The van der Waals surface area contributed by atoms with Crippen LogP contribution >= 0.6 is 0 Å². The van der Waals surface area contributed by atoms with Gasteiger partial charge in [-0.3, -0.25) is 9.59 Å². The molecule has 0 saturated heterocycles. The molecule has 3 rings (SSSR count). The molecule has 0 spiro atoms. The Balaban J connectivity index is 1.57. The van der Waals surface area contributed by atoms with Crippen LogP contribution in [0.1, 0.15) is 26.3 Å². The first-order valence-electron chi connectivity index (χ1n) is 8.71. The Labute approximate surface area is 161 Å². The van der Waals surface area contributed by atoms with E-state index in [1.54, 1.807) is 36.4 Å². The van der Waals surface area contributed by atoms with Crippen molar-refractivity contribution in [2.45, 2.75) is 6.42 Å². The summed E-state index contributed by atoms with van der Waals surface area (Å²) in [5, 5.41) is 5.48. The Hall–Kier alpha value is -3.54. The molecule has 4 nitrogen and oxygen atoms in total. The van der Waals surface area contributed by atoms with Crippen molar-refractivity contribution >= 4 is 17.5 Å². The molecule has 0 heterocycles. The van der Waals surface area contributed by atoms with Crippen LogP contribution in [0.5, 0.6) is 0 Å². The van der Waals surface area contributed by atoms with E-state index in [9.17, 15) is 18.4 Å². The molecule has 0 fully saturated rings. The average Bonchev–Trinajstić information content (AvgIpc) is 2.70. The Morgan fingerprint density at radius 2 is 1.39 bits per heavy atom. The maximum Gasteiger partial charge on any atom is 0.255 e. The Morgan fingerprint density at radius 3 is 2.07 bits per heavy atom. The van der Waals surface area contributed by atoms with Gasteiger partial charge in [0.15, 0.2) is 0 Å². The van der Waals surface area contributed by atoms with E-state index in [1.807, 2.05) is 0 Å². The Morgan fingerprint density at radius 1 is 0.750 bits per heavy atom. The number of halogens is 2. The topological polar surface area (TPSA) is 58.2 Å². The number of hydrogen-bond donors (Lipinski definition) is 2. The number of nitrogens with one attached hydrogen (secondary N) is 2. The van der Waals surface area contributed by atoms with Gasteiger partial charge in [-0.15, -0.1) is 0 Å². The highest BCUT2D eigenvalue weighted by atomic mass is 19.1. The zero-order chi connectivity index (χ0) is 19.9. The number of carbonyl (C=O) groups is 2. The molecule has 0 aliphatic carbocycles. The van der Waals surface area contributed by atoms with Crippen LogP contribution in [0, 0.1) is 11.6 Å². The highest BCUT2D eigenvalue weighted by Crippen LogP contribution is 2.13. The van der Waals surface area contributed by atoms with Gasteiger partial charge in [-0.2, -0.15) is 0 Å². The van der Waals surface area contributed by atoms with Gasteiger partial charge in [0.25, 0.3) is 11.8 Å². The minimum absolute atomic E-state index is 0.278. The summed E-state index contributed by atoms with van der Waals surface area (Å²) in [5.41, 5.74) is 2.09. The summed E-state index contributed by atoms with van der Waals surface area (Å²) in [6.45, 7) is 0.399. The largest absolute Gasteiger partial charge is 0.352 e. The van der Waals surface area contributed by atoms with Crippen molar-refractivity contribution in [3.8, 4) is 0 Å². The van der Waals surface area contributed by atoms with E-state index in [1.165, 1.54) is 36.4 Å². The predicted molar refractivity (Wildman–Crippen MR) is 103 cm³/mol. The monoisotopic (exact) mass is 380 g/mol. The lowest BCUT2D eigenvalue weighted by Gasteiger charge is -2.09. The van der Waals surface area contributed by atoms with Crippen molar-refractivity contribution in [1.29, 1.82) is 0 Å². The molecule has 0 saturated carbocycles. The van der Waals surface area contributed by atoms with Crippen molar-refractivity contribution in [3.05, 3.63) is 101 Å². The van der Waals surface area contributed by atoms with Crippen LogP contribution in [0.3, 0.4) is 0 Å². The van der Waals surface area contributed by atoms with Gasteiger partial charge in [0.2, 0.25) is 0 Å². The number of benzene rings is 3. The van der Waals surface area contributed by atoms with E-state index in [0.717, 1.165) is 5.56 Å². The molecule has 2 amide bonds. The molecule has 2 N–H and O–H groups in total. The minimum atomic E-state index is -0.421. The normalized spacial score (nSPS) is 10.4. The van der Waals surface area contributed by atoms with Crippen LogP contribution in [0.15, 0.2) is 72.8 Å². The van der Waals surface area contributed by atoms with E-state index in [-0.39, 0.29) is 11.7 Å². The number of rotatable bonds is 6. The van der Waals surface area contributed by atoms with Crippen LogP contribution in [-0.4, -0.2) is 18.4 Å². The first kappa shape index (κ1) is 19.2. The maximum atomic E-state index is 13.0. The van der Waals surface area contributed by atoms with Gasteiger partial charge in [0.05, 0.1) is 0 Å². The van der Waals surface area contributed by atoms with Crippen molar-refractivity contribution in [2.24, 2.45) is 0 Å². The predicted octanol–water partition coefficient (Wildman–Crippen LogP) is 4.19. The third-order valence-electron chi connectivity index (χ3n) is 4.10. The molecule has 28 heavy (non-hydrogen) atoms. The number of anilines is 1. The zero-order valence-electron chi connectivity index (χ0n) is 14.9. The van der Waals surface area contributed by atoms with Crippen LogP contribution < -0.4 is 10.6 Å². The fourth-order valence-electron chi connectivity index (χ4n) is 2.62. The molecule has 0 radical (unpaired) electrons. The Kier molecular flexibility index (Phi) is 6.11. The molecule has 0 aliphatic heterocycles. The smallest absolute Gasteiger partial charge is 0.255 e. The van der Waals surface area contributed by atoms with E-state index < -0.39 is 11.7 Å². The van der Waals surface area contributed by atoms with Gasteiger partial charge in [-0.05, 0) is 66.6 Å². The summed E-state index contributed by atoms with van der Waals surface area (Å²) < 4.78 is 25.9. The maximum absolute atomic E-state index is 13.0. The fraction of sp³-hybridized carbons (Fsp3) is 0.0909. The van der Waals surface area contributed by atoms with Crippen LogP contribution in [0.2, 0.25) is 0 Å². The summed E-state index contributed by atoms with van der Waals surface area (Å²) in [6.07, 6.45) is 0.576. The second kappa shape index (κ2) is 8.90. The van der Waals surface area contributed by atoms with Crippen molar-refractivity contribution in [1.82, 2.24) is 5.32 Å². The van der Waals surface area contributed by atoms with Crippen LogP contribution in [0.4, 0.5) is 14.5 Å². The number of hydrogen-bond acceptors (Lipinski definition) is 2. The molecule has 3 aromatic rings. The number of amides is 2. The van der Waals surface area contributed by atoms with Crippen LogP contribution in [0.25, 0.3) is 0 Å². The zero-order valence-corrected chi connectivity index (χ0v) is 14.9. The first-order valence-corrected chi connectivity index (χ1v) is 8.71. The van der Waals surface area contributed by atoms with Gasteiger partial charge in [0, 0.05) is 23.4 Å². The molecule has 0 bridgehead atoms. The summed E-state index contributed by atoms with van der Waals surface area (Å²) in [4.78, 5) is 24.5. The summed E-state index contributed by atoms with van der Waals surface area (Å²) in [5.74, 6) is -1.39. The highest BCUT2D eigenvalue weighted by molar-refractivity contribution is 6.05. The lowest BCUT2D eigenvalue weighted by atomic mass is 10.1. The quantitative estimate of drug-likeness (QED) is 0.674.